The van der Waals surface area contributed by atoms with Gasteiger partial charge in [0, 0.05) is 75.8 Å². The van der Waals surface area contributed by atoms with Gasteiger partial charge in [0.25, 0.3) is 5.91 Å². The van der Waals surface area contributed by atoms with Crippen molar-refractivity contribution in [3.05, 3.63) is 107 Å². The van der Waals surface area contributed by atoms with Gasteiger partial charge >= 0.3 is 0 Å². The van der Waals surface area contributed by atoms with Crippen LogP contribution in [0.15, 0.2) is 60.9 Å². The summed E-state index contributed by atoms with van der Waals surface area (Å²) < 4.78 is 66.2. The molecule has 5 heterocycles. The number of H-pyrrole nitrogens is 1. The summed E-state index contributed by atoms with van der Waals surface area (Å²) >= 11 is 0. The standard InChI is InChI=1S/C43H42F4N8O4/c1-52(2)43(59)36-22-32-30(19-29(40(47)41(32)49-36)26-4-3-13-54(23-26)39(57)11-16-55-17-12-48-51-55)31-21-33(44)28(20-34(31)45)24-9-14-53(15-10-24)37-7-5-25(18-35(37)46)27-6-8-38(56)50-42(27)58/h4-5,7,12,17-22,24,27,49H,3,6,8-11,13-16,23H2,1-2H3,(H,50,56,58). The highest BCUT2D eigenvalue weighted by atomic mass is 19.1. The molecular formula is C43H42F4N8O4. The zero-order valence-corrected chi connectivity index (χ0v) is 32.5. The smallest absolute Gasteiger partial charge is 0.269 e. The summed E-state index contributed by atoms with van der Waals surface area (Å²) in [7, 11) is 3.10. The second kappa shape index (κ2) is 16.1. The van der Waals surface area contributed by atoms with Crippen molar-refractivity contribution in [2.75, 3.05) is 45.2 Å². The summed E-state index contributed by atoms with van der Waals surface area (Å²) in [4.78, 5) is 57.8. The summed E-state index contributed by atoms with van der Waals surface area (Å²) in [5, 5.41) is 10.1. The van der Waals surface area contributed by atoms with Crippen molar-refractivity contribution in [1.29, 1.82) is 0 Å². The molecule has 0 radical (unpaired) electrons. The maximum absolute atomic E-state index is 16.5. The summed E-state index contributed by atoms with van der Waals surface area (Å²) in [5.41, 5.74) is 1.66. The number of halogens is 4. The van der Waals surface area contributed by atoms with E-state index >= 15 is 17.6 Å². The molecule has 8 rings (SSSR count). The van der Waals surface area contributed by atoms with Crippen molar-refractivity contribution < 1.29 is 36.7 Å². The molecule has 5 aromatic rings. The maximum Gasteiger partial charge on any atom is 0.269 e. The molecule has 0 aliphatic carbocycles. The molecule has 306 valence electrons. The molecule has 3 aliphatic rings. The third-order valence-corrected chi connectivity index (χ3v) is 11.6. The number of aromatic amines is 1. The Morgan fingerprint density at radius 3 is 2.41 bits per heavy atom. The topological polar surface area (TPSA) is 137 Å². The van der Waals surface area contributed by atoms with Gasteiger partial charge in [-0.3, -0.25) is 29.2 Å². The van der Waals surface area contributed by atoms with Gasteiger partial charge in [0.1, 0.15) is 23.1 Å². The molecule has 1 atom stereocenters. The molecule has 1 unspecified atom stereocenters. The number of nitrogens with zero attached hydrogens (tertiary/aromatic N) is 6. The Hall–Kier alpha value is -6.32. The van der Waals surface area contributed by atoms with Crippen LogP contribution in [0.5, 0.6) is 0 Å². The van der Waals surface area contributed by atoms with Crippen LogP contribution >= 0.6 is 0 Å². The van der Waals surface area contributed by atoms with E-state index < -0.39 is 41.0 Å². The number of hydrogen-bond donors (Lipinski definition) is 2. The van der Waals surface area contributed by atoms with E-state index in [1.165, 1.54) is 35.4 Å². The number of fused-ring (bicyclic) bond motifs is 1. The zero-order valence-electron chi connectivity index (χ0n) is 32.5. The minimum atomic E-state index is -0.734. The number of piperidine rings is 2. The first-order valence-corrected chi connectivity index (χ1v) is 19.6. The SMILES string of the molecule is CN(C)C(=O)c1cc2c(-c3cc(F)c(C4CCN(c5ccc(C6CCC(=O)NC6=O)cc5F)CC4)cc3F)cc(C3=CCCN(C(=O)CCn4ccnn4)C3)c(F)c2[nH]1. The number of benzene rings is 3. The van der Waals surface area contributed by atoms with E-state index in [0.717, 1.165) is 6.07 Å². The van der Waals surface area contributed by atoms with Crippen LogP contribution in [0, 0.1) is 23.3 Å². The molecule has 2 N–H and O–H groups in total. The summed E-state index contributed by atoms with van der Waals surface area (Å²) in [5.74, 6) is -4.97. The van der Waals surface area contributed by atoms with Gasteiger partial charge in [-0.1, -0.05) is 17.4 Å². The van der Waals surface area contributed by atoms with Crippen LogP contribution in [0.1, 0.15) is 77.5 Å². The van der Waals surface area contributed by atoms with E-state index in [2.05, 4.69) is 20.6 Å². The molecule has 2 saturated heterocycles. The molecule has 3 aliphatic heterocycles. The van der Waals surface area contributed by atoms with E-state index in [4.69, 9.17) is 0 Å². The lowest BCUT2D eigenvalue weighted by Gasteiger charge is -2.34. The van der Waals surface area contributed by atoms with E-state index in [1.54, 1.807) is 42.0 Å². The number of carbonyl (C=O) groups excluding carboxylic acids is 4. The van der Waals surface area contributed by atoms with E-state index in [-0.39, 0.29) is 76.0 Å². The number of anilines is 1. The van der Waals surface area contributed by atoms with E-state index in [1.807, 2.05) is 11.0 Å². The Bertz CT molecular complexity index is 2510. The maximum atomic E-state index is 16.5. The van der Waals surface area contributed by atoms with Gasteiger partial charge in [0.2, 0.25) is 17.7 Å². The molecular weight excluding hydrogens is 769 g/mol. The molecule has 12 nitrogen and oxygen atoms in total. The van der Waals surface area contributed by atoms with Gasteiger partial charge in [-0.25, -0.2) is 17.6 Å². The first-order chi connectivity index (χ1) is 28.4. The van der Waals surface area contributed by atoms with Crippen LogP contribution in [0.3, 0.4) is 0 Å². The molecule has 0 bridgehead atoms. The van der Waals surface area contributed by atoms with Crippen molar-refractivity contribution in [2.24, 2.45) is 0 Å². The molecule has 2 aromatic heterocycles. The molecule has 4 amide bonds. The molecule has 16 heteroatoms. The van der Waals surface area contributed by atoms with Crippen LogP contribution in [0.2, 0.25) is 0 Å². The fourth-order valence-corrected chi connectivity index (χ4v) is 8.47. The second-order valence-corrected chi connectivity index (χ2v) is 15.5. The van der Waals surface area contributed by atoms with Crippen molar-refractivity contribution >= 4 is 45.8 Å². The summed E-state index contributed by atoms with van der Waals surface area (Å²) in [6.45, 7) is 1.57. The Morgan fingerprint density at radius 2 is 1.69 bits per heavy atom. The third kappa shape index (κ3) is 7.82. The second-order valence-electron chi connectivity index (χ2n) is 15.5. The zero-order chi connectivity index (χ0) is 41.5. The monoisotopic (exact) mass is 810 g/mol. The predicted molar refractivity (Wildman–Crippen MR) is 211 cm³/mol. The predicted octanol–water partition coefficient (Wildman–Crippen LogP) is 6.29. The first-order valence-electron chi connectivity index (χ1n) is 19.6. The van der Waals surface area contributed by atoms with Crippen LogP contribution in [-0.4, -0.2) is 93.7 Å². The molecule has 59 heavy (non-hydrogen) atoms. The number of aromatic nitrogens is 4. The lowest BCUT2D eigenvalue weighted by atomic mass is 9.86. The fraction of sp³-hybridized carbons (Fsp3) is 0.349. The minimum Gasteiger partial charge on any atom is -0.369 e. The van der Waals surface area contributed by atoms with Gasteiger partial charge in [0.15, 0.2) is 5.82 Å². The normalized spacial score (nSPS) is 17.7. The Morgan fingerprint density at radius 1 is 0.898 bits per heavy atom. The number of hydrogen-bond acceptors (Lipinski definition) is 7. The van der Waals surface area contributed by atoms with Gasteiger partial charge in [-0.2, -0.15) is 0 Å². The van der Waals surface area contributed by atoms with Crippen LogP contribution in [-0.2, 0) is 20.9 Å². The average Bonchev–Trinajstić information content (AvgIpc) is 3.92. The first kappa shape index (κ1) is 39.5. The minimum absolute atomic E-state index is 0.0492. The van der Waals surface area contributed by atoms with Gasteiger partial charge in [-0.15, -0.1) is 5.10 Å². The highest BCUT2D eigenvalue weighted by Gasteiger charge is 2.31. The molecule has 2 fully saturated rings. The molecule has 0 spiro atoms. The van der Waals surface area contributed by atoms with Crippen molar-refractivity contribution in [1.82, 2.24) is 35.1 Å². The fourth-order valence-electron chi connectivity index (χ4n) is 8.47. The van der Waals surface area contributed by atoms with E-state index in [9.17, 15) is 19.2 Å². The number of rotatable bonds is 9. The summed E-state index contributed by atoms with van der Waals surface area (Å²) in [6.07, 6.45) is 6.90. The average molecular weight is 811 g/mol. The van der Waals surface area contributed by atoms with Crippen LogP contribution in [0.4, 0.5) is 23.2 Å². The highest BCUT2D eigenvalue weighted by Crippen LogP contribution is 2.41. The number of carbonyl (C=O) groups is 4. The lowest BCUT2D eigenvalue weighted by Crippen LogP contribution is -2.39. The van der Waals surface area contributed by atoms with Gasteiger partial charge in [-0.05, 0) is 90.3 Å². The lowest BCUT2D eigenvalue weighted by molar-refractivity contribution is -0.134. The Kier molecular flexibility index (Phi) is 10.8. The number of amides is 4. The highest BCUT2D eigenvalue weighted by molar-refractivity contribution is 6.05. The molecule has 0 saturated carbocycles. The number of imide groups is 1. The van der Waals surface area contributed by atoms with E-state index in [0.29, 0.717) is 68.7 Å². The number of aryl methyl sites for hydroxylation is 1. The van der Waals surface area contributed by atoms with Crippen LogP contribution < -0.4 is 10.2 Å². The van der Waals surface area contributed by atoms with Gasteiger partial charge < -0.3 is 19.7 Å². The summed E-state index contributed by atoms with van der Waals surface area (Å²) in [6, 6.07) is 9.79. The van der Waals surface area contributed by atoms with Crippen molar-refractivity contribution in [2.45, 2.75) is 56.9 Å². The van der Waals surface area contributed by atoms with Crippen LogP contribution in [0.25, 0.3) is 27.6 Å². The van der Waals surface area contributed by atoms with Gasteiger partial charge in [0.05, 0.1) is 29.9 Å². The quantitative estimate of drug-likeness (QED) is 0.132. The van der Waals surface area contributed by atoms with Crippen molar-refractivity contribution in [3.63, 3.8) is 0 Å². The Balaban J connectivity index is 1.05. The largest absolute Gasteiger partial charge is 0.369 e. The Labute approximate surface area is 336 Å². The third-order valence-electron chi connectivity index (χ3n) is 11.6. The number of nitrogens with one attached hydrogen (secondary N) is 2. The molecule has 3 aromatic carbocycles. The van der Waals surface area contributed by atoms with Crippen molar-refractivity contribution in [3.8, 4) is 11.1 Å².